The molecule has 0 aromatic heterocycles. The third kappa shape index (κ3) is 4.17. The Hall–Kier alpha value is -1.19. The fourth-order valence-corrected chi connectivity index (χ4v) is 3.66. The molecule has 0 radical (unpaired) electrons. The summed E-state index contributed by atoms with van der Waals surface area (Å²) in [7, 11) is -1.94. The van der Waals surface area contributed by atoms with Gasteiger partial charge in [0.25, 0.3) is 0 Å². The van der Waals surface area contributed by atoms with E-state index in [1.165, 1.54) is 19.2 Å². The maximum atomic E-state index is 12.0. The van der Waals surface area contributed by atoms with Gasteiger partial charge in [-0.3, -0.25) is 0 Å². The first kappa shape index (κ1) is 17.2. The summed E-state index contributed by atoms with van der Waals surface area (Å²) in [6.45, 7) is 0.211. The van der Waals surface area contributed by atoms with Gasteiger partial charge in [-0.25, -0.2) is 13.2 Å². The molecule has 0 amide bonds. The summed E-state index contributed by atoms with van der Waals surface area (Å²) in [6.07, 6.45) is 3.68. The van der Waals surface area contributed by atoms with Crippen molar-refractivity contribution in [1.29, 1.82) is 0 Å². The van der Waals surface area contributed by atoms with Crippen LogP contribution in [0.25, 0.3) is 0 Å². The first-order valence-electron chi connectivity index (χ1n) is 6.67. The fourth-order valence-electron chi connectivity index (χ4n) is 1.98. The van der Waals surface area contributed by atoms with E-state index in [4.69, 9.17) is 4.74 Å². The van der Waals surface area contributed by atoms with Gasteiger partial charge in [0, 0.05) is 35.5 Å². The van der Waals surface area contributed by atoms with Gasteiger partial charge in [0.2, 0.25) is 10.0 Å². The fraction of sp³-hybridized carbons (Fsp3) is 0.267. The van der Waals surface area contributed by atoms with Crippen LogP contribution in [-0.2, 0) is 26.2 Å². The first-order valence-corrected chi connectivity index (χ1v) is 9.07. The Kier molecular flexibility index (Phi) is 5.76. The number of hydrogen-bond donors (Lipinski definition) is 0. The highest BCUT2D eigenvalue weighted by Gasteiger charge is 2.25. The van der Waals surface area contributed by atoms with Crippen LogP contribution in [0.15, 0.2) is 53.0 Å². The molecule has 0 unspecified atom stereocenters. The molecule has 0 heterocycles. The Balaban J connectivity index is 2.01. The van der Waals surface area contributed by atoms with Crippen LogP contribution in [0, 0.1) is 0 Å². The predicted octanol–water partition coefficient (Wildman–Crippen LogP) is 2.95. The minimum absolute atomic E-state index is 0.211. The van der Waals surface area contributed by atoms with Gasteiger partial charge in [-0.1, -0.05) is 36.4 Å². The number of esters is 1. The summed E-state index contributed by atoms with van der Waals surface area (Å²) < 4.78 is 30.3. The van der Waals surface area contributed by atoms with Crippen molar-refractivity contribution in [3.8, 4) is 0 Å². The van der Waals surface area contributed by atoms with Gasteiger partial charge in [-0.05, 0) is 24.5 Å². The molecule has 0 bridgehead atoms. The Morgan fingerprint density at radius 1 is 1.23 bits per heavy atom. The van der Waals surface area contributed by atoms with Crippen molar-refractivity contribution in [2.24, 2.45) is 0 Å². The summed E-state index contributed by atoms with van der Waals surface area (Å²) >= 11 is 1.72. The molecule has 0 saturated carbocycles. The van der Waals surface area contributed by atoms with E-state index in [1.54, 1.807) is 22.9 Å². The van der Waals surface area contributed by atoms with Crippen LogP contribution < -0.4 is 0 Å². The number of carbonyl (C=O) groups excluding carboxylic acids is 1. The van der Waals surface area contributed by atoms with Crippen LogP contribution in [0.2, 0.25) is 0 Å². The summed E-state index contributed by atoms with van der Waals surface area (Å²) in [5.41, 5.74) is 1.41. The number of sulfonamides is 1. The number of hydrogen-bond acceptors (Lipinski definition) is 4. The van der Waals surface area contributed by atoms with Gasteiger partial charge in [0.1, 0.15) is 6.61 Å². The van der Waals surface area contributed by atoms with Crippen LogP contribution in [0.5, 0.6) is 0 Å². The maximum absolute atomic E-state index is 12.0. The lowest BCUT2D eigenvalue weighted by Crippen LogP contribution is -2.20. The van der Waals surface area contributed by atoms with Crippen molar-refractivity contribution < 1.29 is 17.9 Å². The molecule has 1 aromatic carbocycles. The molecule has 0 aliphatic heterocycles. The van der Waals surface area contributed by atoms with E-state index >= 15 is 0 Å². The molecule has 0 atom stereocenters. The number of rotatable bonds is 5. The summed E-state index contributed by atoms with van der Waals surface area (Å²) in [5.74, 6) is -0.403. The maximum Gasteiger partial charge on any atom is 0.334 e. The van der Waals surface area contributed by atoms with Crippen LogP contribution in [-0.4, -0.2) is 24.0 Å². The molecule has 0 spiro atoms. The lowest BCUT2D eigenvalue weighted by atomic mass is 10.1. The SMILES string of the molecule is CN(I)S(=O)(=O)C1=CC=C(C(=O)OCc2ccccc2)CC1. The van der Waals surface area contributed by atoms with Crippen LogP contribution in [0.1, 0.15) is 18.4 Å². The lowest BCUT2D eigenvalue weighted by Gasteiger charge is -2.16. The largest absolute Gasteiger partial charge is 0.457 e. The van der Waals surface area contributed by atoms with E-state index in [1.807, 2.05) is 30.3 Å². The topological polar surface area (TPSA) is 63.7 Å². The average Bonchev–Trinajstić information content (AvgIpc) is 2.53. The van der Waals surface area contributed by atoms with E-state index in [-0.39, 0.29) is 6.61 Å². The standard InChI is InChI=1S/C15H16INO4S/c1-17(16)22(19,20)14-9-7-13(8-10-14)15(18)21-11-12-5-3-2-4-6-12/h2-7,9H,8,10-11H2,1H3. The molecule has 118 valence electrons. The minimum Gasteiger partial charge on any atom is -0.457 e. The summed E-state index contributed by atoms with van der Waals surface area (Å²) in [6, 6.07) is 9.41. The van der Waals surface area contributed by atoms with E-state index in [9.17, 15) is 13.2 Å². The molecular weight excluding hydrogens is 417 g/mol. The molecule has 2 rings (SSSR count). The Labute approximate surface area is 144 Å². The first-order chi connectivity index (χ1) is 10.4. The molecule has 0 N–H and O–H groups in total. The summed E-state index contributed by atoms with van der Waals surface area (Å²) in [4.78, 5) is 12.3. The van der Waals surface area contributed by atoms with Gasteiger partial charge in [-0.15, -0.1) is 2.52 Å². The molecule has 5 nitrogen and oxygen atoms in total. The number of carbonyl (C=O) groups is 1. The Morgan fingerprint density at radius 2 is 1.91 bits per heavy atom. The molecule has 0 fully saturated rings. The molecule has 7 heteroatoms. The van der Waals surface area contributed by atoms with Gasteiger partial charge >= 0.3 is 5.97 Å². The highest BCUT2D eigenvalue weighted by Crippen LogP contribution is 2.26. The highest BCUT2D eigenvalue weighted by atomic mass is 127. The van der Waals surface area contributed by atoms with Crippen LogP contribution >= 0.6 is 22.9 Å². The molecular formula is C15H16INO4S. The molecule has 0 saturated heterocycles. The smallest absolute Gasteiger partial charge is 0.334 e. The second-order valence-electron chi connectivity index (χ2n) is 4.78. The monoisotopic (exact) mass is 433 g/mol. The second kappa shape index (κ2) is 7.38. The van der Waals surface area contributed by atoms with Crippen molar-refractivity contribution in [3.63, 3.8) is 0 Å². The third-order valence-corrected chi connectivity index (χ3v) is 6.47. The van der Waals surface area contributed by atoms with Crippen molar-refractivity contribution in [2.45, 2.75) is 19.4 Å². The molecule has 1 aliphatic carbocycles. The van der Waals surface area contributed by atoms with Gasteiger partial charge < -0.3 is 4.74 Å². The zero-order valence-corrected chi connectivity index (χ0v) is 15.0. The van der Waals surface area contributed by atoms with E-state index in [2.05, 4.69) is 0 Å². The van der Waals surface area contributed by atoms with E-state index in [0.29, 0.717) is 23.3 Å². The van der Waals surface area contributed by atoms with Gasteiger partial charge in [-0.2, -0.15) is 0 Å². The lowest BCUT2D eigenvalue weighted by molar-refractivity contribution is -0.140. The normalized spacial score (nSPS) is 15.2. The predicted molar refractivity (Wildman–Crippen MR) is 92.3 cm³/mol. The highest BCUT2D eigenvalue weighted by molar-refractivity contribution is 14.1. The second-order valence-corrected chi connectivity index (χ2v) is 8.91. The molecule has 1 aromatic rings. The quantitative estimate of drug-likeness (QED) is 0.407. The van der Waals surface area contributed by atoms with Crippen molar-refractivity contribution in [2.75, 3.05) is 7.05 Å². The van der Waals surface area contributed by atoms with E-state index in [0.717, 1.165) is 8.08 Å². The molecule has 22 heavy (non-hydrogen) atoms. The zero-order valence-electron chi connectivity index (χ0n) is 12.0. The van der Waals surface area contributed by atoms with Gasteiger partial charge in [0.05, 0.1) is 4.91 Å². The number of ether oxygens (including phenoxy) is 1. The average molecular weight is 433 g/mol. The van der Waals surface area contributed by atoms with Crippen molar-refractivity contribution in [3.05, 3.63) is 58.5 Å². The zero-order chi connectivity index (χ0) is 16.2. The van der Waals surface area contributed by atoms with Crippen molar-refractivity contribution in [1.82, 2.24) is 2.52 Å². The number of halogens is 1. The van der Waals surface area contributed by atoms with Crippen LogP contribution in [0.3, 0.4) is 0 Å². The Bertz CT molecular complexity index is 708. The summed E-state index contributed by atoms with van der Waals surface area (Å²) in [5, 5.41) is 0. The minimum atomic E-state index is -3.42. The van der Waals surface area contributed by atoms with Crippen molar-refractivity contribution >= 4 is 38.9 Å². The third-order valence-electron chi connectivity index (χ3n) is 3.25. The molecule has 1 aliphatic rings. The Morgan fingerprint density at radius 3 is 2.45 bits per heavy atom. The number of allylic oxidation sites excluding steroid dienone is 3. The number of nitrogens with zero attached hydrogens (tertiary/aromatic N) is 1. The van der Waals surface area contributed by atoms with Crippen LogP contribution in [0.4, 0.5) is 0 Å². The van der Waals surface area contributed by atoms with E-state index < -0.39 is 16.0 Å². The number of benzene rings is 1. The van der Waals surface area contributed by atoms with Gasteiger partial charge in [0.15, 0.2) is 0 Å².